The lowest BCUT2D eigenvalue weighted by Gasteiger charge is -2.29. The van der Waals surface area contributed by atoms with Gasteiger partial charge in [0.05, 0.1) is 17.6 Å². The third-order valence-corrected chi connectivity index (χ3v) is 2.37. The number of rotatable bonds is 4. The lowest BCUT2D eigenvalue weighted by Crippen LogP contribution is -2.53. The van der Waals surface area contributed by atoms with Crippen molar-refractivity contribution in [3.05, 3.63) is 34.0 Å². The first-order valence-electron chi connectivity index (χ1n) is 4.35. The summed E-state index contributed by atoms with van der Waals surface area (Å²) in [7, 11) is 0. The highest BCUT2D eigenvalue weighted by atomic mass is 35.5. The lowest BCUT2D eigenvalue weighted by molar-refractivity contribution is -0.419. The van der Waals surface area contributed by atoms with Gasteiger partial charge in [-0.25, -0.2) is 0 Å². The van der Waals surface area contributed by atoms with Gasteiger partial charge in [0.25, 0.3) is 5.70 Å². The van der Waals surface area contributed by atoms with Gasteiger partial charge < -0.3 is 16.2 Å². The van der Waals surface area contributed by atoms with Crippen molar-refractivity contribution < 1.29 is 10.0 Å². The molecule has 0 saturated carbocycles. The third-order valence-electron chi connectivity index (χ3n) is 2.01. The van der Waals surface area contributed by atoms with Gasteiger partial charge in [0.15, 0.2) is 0 Å². The molecule has 4 N–H and O–H groups in total. The van der Waals surface area contributed by atoms with Gasteiger partial charge in [-0.05, 0) is 6.08 Å². The van der Waals surface area contributed by atoms with Gasteiger partial charge in [0.2, 0.25) is 0 Å². The standard InChI is InChI=1S/C8H12ClN3O3/c9-8(10)2-1-6(12(14)15)5-7(8)11-3-4-13/h1-2,5,7,11,13H,3-4,10H2. The Morgan fingerprint density at radius 1 is 1.80 bits per heavy atom. The van der Waals surface area contributed by atoms with Crippen molar-refractivity contribution in [2.24, 2.45) is 5.73 Å². The predicted molar refractivity (Wildman–Crippen MR) is 55.9 cm³/mol. The van der Waals surface area contributed by atoms with Gasteiger partial charge in [-0.3, -0.25) is 10.1 Å². The van der Waals surface area contributed by atoms with Crippen molar-refractivity contribution in [1.82, 2.24) is 5.32 Å². The molecule has 0 heterocycles. The maximum atomic E-state index is 10.5. The molecule has 15 heavy (non-hydrogen) atoms. The molecule has 84 valence electrons. The van der Waals surface area contributed by atoms with Crippen LogP contribution in [0.1, 0.15) is 0 Å². The maximum absolute atomic E-state index is 10.5. The molecule has 0 aromatic carbocycles. The first-order valence-corrected chi connectivity index (χ1v) is 4.72. The second-order valence-electron chi connectivity index (χ2n) is 3.16. The zero-order valence-electron chi connectivity index (χ0n) is 7.89. The molecule has 0 bridgehead atoms. The number of halogens is 1. The first-order chi connectivity index (χ1) is 6.97. The number of aliphatic hydroxyl groups is 1. The van der Waals surface area contributed by atoms with Crippen molar-refractivity contribution in [2.45, 2.75) is 11.0 Å². The summed E-state index contributed by atoms with van der Waals surface area (Å²) in [5.74, 6) is 0. The Labute approximate surface area is 91.5 Å². The first kappa shape index (κ1) is 12.1. The van der Waals surface area contributed by atoms with Crippen molar-refractivity contribution in [3.8, 4) is 0 Å². The van der Waals surface area contributed by atoms with Crippen LogP contribution in [-0.2, 0) is 0 Å². The summed E-state index contributed by atoms with van der Waals surface area (Å²) in [6.07, 6.45) is 3.97. The molecule has 2 atom stereocenters. The van der Waals surface area contributed by atoms with Crippen LogP contribution < -0.4 is 11.1 Å². The third kappa shape index (κ3) is 3.00. The minimum atomic E-state index is -1.20. The molecule has 0 fully saturated rings. The monoisotopic (exact) mass is 233 g/mol. The van der Waals surface area contributed by atoms with E-state index in [0.717, 1.165) is 0 Å². The van der Waals surface area contributed by atoms with Crippen LogP contribution in [0.4, 0.5) is 0 Å². The Morgan fingerprint density at radius 3 is 3.00 bits per heavy atom. The van der Waals surface area contributed by atoms with Crippen molar-refractivity contribution >= 4 is 11.6 Å². The molecule has 0 aliphatic heterocycles. The van der Waals surface area contributed by atoms with Crippen LogP contribution in [0.2, 0.25) is 0 Å². The van der Waals surface area contributed by atoms with Gasteiger partial charge in [-0.2, -0.15) is 0 Å². The summed E-state index contributed by atoms with van der Waals surface area (Å²) in [5, 5.41) is 21.9. The highest BCUT2D eigenvalue weighted by Crippen LogP contribution is 2.23. The quantitative estimate of drug-likeness (QED) is 0.265. The van der Waals surface area contributed by atoms with E-state index >= 15 is 0 Å². The number of nitrogens with two attached hydrogens (primary N) is 1. The summed E-state index contributed by atoms with van der Waals surface area (Å²) < 4.78 is 0. The predicted octanol–water partition coefficient (Wildman–Crippen LogP) is -0.439. The molecular weight excluding hydrogens is 222 g/mol. The molecule has 0 amide bonds. The molecule has 0 spiro atoms. The van der Waals surface area contributed by atoms with E-state index in [-0.39, 0.29) is 18.8 Å². The molecule has 0 radical (unpaired) electrons. The fourth-order valence-electron chi connectivity index (χ4n) is 1.23. The molecule has 1 aliphatic rings. The average molecular weight is 234 g/mol. The van der Waals surface area contributed by atoms with E-state index in [9.17, 15) is 10.1 Å². The van der Waals surface area contributed by atoms with Crippen molar-refractivity contribution in [1.29, 1.82) is 0 Å². The topological polar surface area (TPSA) is 101 Å². The molecule has 7 heteroatoms. The molecule has 6 nitrogen and oxygen atoms in total. The van der Waals surface area contributed by atoms with Crippen molar-refractivity contribution in [2.75, 3.05) is 13.2 Å². The van der Waals surface area contributed by atoms with E-state index in [4.69, 9.17) is 22.4 Å². The van der Waals surface area contributed by atoms with Gasteiger partial charge in [0, 0.05) is 18.7 Å². The second-order valence-corrected chi connectivity index (χ2v) is 3.82. The number of alkyl halides is 1. The molecule has 2 unspecified atom stereocenters. The Balaban J connectivity index is 2.80. The Hall–Kier alpha value is -0.950. The fraction of sp³-hybridized carbons (Fsp3) is 0.500. The Bertz CT molecular complexity index is 314. The van der Waals surface area contributed by atoms with Gasteiger partial charge in [0.1, 0.15) is 5.00 Å². The highest BCUT2D eigenvalue weighted by Gasteiger charge is 2.33. The minimum absolute atomic E-state index is 0.0628. The van der Waals surface area contributed by atoms with E-state index < -0.39 is 16.0 Å². The number of nitrogens with zero attached hydrogens (tertiary/aromatic N) is 1. The molecule has 0 saturated heterocycles. The second kappa shape index (κ2) is 4.71. The van der Waals surface area contributed by atoms with E-state index in [1.54, 1.807) is 0 Å². The smallest absolute Gasteiger partial charge is 0.266 e. The van der Waals surface area contributed by atoms with E-state index in [1.165, 1.54) is 18.2 Å². The summed E-state index contributed by atoms with van der Waals surface area (Å²) in [4.78, 5) is 8.79. The zero-order chi connectivity index (χ0) is 11.5. The average Bonchev–Trinajstić information content (AvgIpc) is 2.15. The summed E-state index contributed by atoms with van der Waals surface area (Å²) in [6, 6.07) is -0.572. The number of hydrogen-bond acceptors (Lipinski definition) is 5. The van der Waals surface area contributed by atoms with Gasteiger partial charge in [-0.1, -0.05) is 11.6 Å². The number of nitro groups is 1. The molecule has 0 aromatic rings. The van der Waals surface area contributed by atoms with Gasteiger partial charge in [-0.15, -0.1) is 0 Å². The Kier molecular flexibility index (Phi) is 3.81. The van der Waals surface area contributed by atoms with E-state index in [1.807, 2.05) is 0 Å². The van der Waals surface area contributed by atoms with E-state index in [2.05, 4.69) is 5.32 Å². The van der Waals surface area contributed by atoms with Crippen LogP contribution in [0.3, 0.4) is 0 Å². The van der Waals surface area contributed by atoms with Crippen LogP contribution in [0, 0.1) is 10.1 Å². The Morgan fingerprint density at radius 2 is 2.47 bits per heavy atom. The fourth-order valence-corrected chi connectivity index (χ4v) is 1.43. The summed E-state index contributed by atoms with van der Waals surface area (Å²) >= 11 is 5.92. The molecule has 0 aromatic heterocycles. The van der Waals surface area contributed by atoms with Gasteiger partial charge >= 0.3 is 0 Å². The normalized spacial score (nSPS) is 30.1. The largest absolute Gasteiger partial charge is 0.395 e. The zero-order valence-corrected chi connectivity index (χ0v) is 8.65. The summed E-state index contributed by atoms with van der Waals surface area (Å²) in [5.41, 5.74) is 5.63. The number of hydrogen-bond donors (Lipinski definition) is 3. The van der Waals surface area contributed by atoms with Crippen LogP contribution >= 0.6 is 11.6 Å². The molecule has 1 rings (SSSR count). The summed E-state index contributed by atoms with van der Waals surface area (Å²) in [6.45, 7) is 0.181. The number of allylic oxidation sites excluding steroid dienone is 1. The van der Waals surface area contributed by atoms with Crippen LogP contribution in [-0.4, -0.2) is 34.2 Å². The van der Waals surface area contributed by atoms with Crippen LogP contribution in [0.25, 0.3) is 0 Å². The van der Waals surface area contributed by atoms with Crippen molar-refractivity contribution in [3.63, 3.8) is 0 Å². The SMILES string of the molecule is NC1(Cl)C=CC([N+](=O)[O-])=CC1NCCO. The molecular formula is C8H12ClN3O3. The number of nitrogens with one attached hydrogen (secondary N) is 1. The van der Waals surface area contributed by atoms with Crippen LogP contribution in [0.15, 0.2) is 23.9 Å². The maximum Gasteiger partial charge on any atom is 0.266 e. The van der Waals surface area contributed by atoms with Crippen LogP contribution in [0.5, 0.6) is 0 Å². The highest BCUT2D eigenvalue weighted by molar-refractivity contribution is 6.25. The number of aliphatic hydroxyl groups excluding tert-OH is 1. The van der Waals surface area contributed by atoms with E-state index in [0.29, 0.717) is 0 Å². The minimum Gasteiger partial charge on any atom is -0.395 e. The molecule has 1 aliphatic carbocycles. The lowest BCUT2D eigenvalue weighted by atomic mass is 10.0.